The van der Waals surface area contributed by atoms with Crippen LogP contribution in [-0.2, 0) is 0 Å². The largest absolute Gasteiger partial charge is 0.376 e. The van der Waals surface area contributed by atoms with E-state index in [0.717, 1.165) is 28.2 Å². The van der Waals surface area contributed by atoms with Gasteiger partial charge in [0.05, 0.1) is 23.1 Å². The number of aliphatic imine (C=N–C) groups is 1. The van der Waals surface area contributed by atoms with E-state index in [1.54, 1.807) is 24.5 Å². The van der Waals surface area contributed by atoms with Crippen molar-refractivity contribution in [2.45, 2.75) is 12.5 Å². The lowest BCUT2D eigenvalue weighted by molar-refractivity contribution is 0.627. The highest BCUT2D eigenvalue weighted by Crippen LogP contribution is 2.35. The first-order valence-electron chi connectivity index (χ1n) is 7.88. The average molecular weight is 317 g/mol. The van der Waals surface area contributed by atoms with E-state index in [1.165, 1.54) is 12.1 Å². The van der Waals surface area contributed by atoms with Crippen molar-refractivity contribution in [3.63, 3.8) is 0 Å². The molecule has 1 aliphatic heterocycles. The summed E-state index contributed by atoms with van der Waals surface area (Å²) in [4.78, 5) is 8.93. The molecule has 118 valence electrons. The van der Waals surface area contributed by atoms with E-state index >= 15 is 0 Å². The van der Waals surface area contributed by atoms with E-state index in [-0.39, 0.29) is 11.9 Å². The molecule has 4 heteroatoms. The van der Waals surface area contributed by atoms with Crippen molar-refractivity contribution in [3.8, 4) is 0 Å². The number of aromatic nitrogens is 1. The number of fused-ring (bicyclic) bond motifs is 1. The molecule has 1 atom stereocenters. The third-order valence-electron chi connectivity index (χ3n) is 4.17. The second kappa shape index (κ2) is 6.24. The molecule has 1 unspecified atom stereocenters. The zero-order valence-corrected chi connectivity index (χ0v) is 13.0. The van der Waals surface area contributed by atoms with Crippen molar-refractivity contribution < 1.29 is 4.39 Å². The Kier molecular flexibility index (Phi) is 3.79. The average Bonchev–Trinajstić information content (AvgIpc) is 2.83. The van der Waals surface area contributed by atoms with E-state index in [0.29, 0.717) is 6.42 Å². The second-order valence-corrected chi connectivity index (χ2v) is 5.76. The monoisotopic (exact) mass is 317 g/mol. The van der Waals surface area contributed by atoms with Gasteiger partial charge in [0.1, 0.15) is 5.82 Å². The number of hydrogen-bond acceptors (Lipinski definition) is 3. The van der Waals surface area contributed by atoms with Crippen LogP contribution in [0.1, 0.15) is 23.6 Å². The van der Waals surface area contributed by atoms with Crippen molar-refractivity contribution in [1.29, 1.82) is 0 Å². The van der Waals surface area contributed by atoms with Crippen LogP contribution < -0.4 is 5.32 Å². The first-order valence-corrected chi connectivity index (χ1v) is 7.88. The maximum atomic E-state index is 13.3. The third-order valence-corrected chi connectivity index (χ3v) is 4.17. The summed E-state index contributed by atoms with van der Waals surface area (Å²) in [6, 6.07) is 18.6. The number of anilines is 1. The van der Waals surface area contributed by atoms with E-state index in [2.05, 4.69) is 10.3 Å². The van der Waals surface area contributed by atoms with Crippen LogP contribution in [0.3, 0.4) is 0 Å². The first kappa shape index (κ1) is 14.6. The number of halogens is 1. The van der Waals surface area contributed by atoms with Gasteiger partial charge in [-0.25, -0.2) is 4.39 Å². The van der Waals surface area contributed by atoms with Crippen LogP contribution >= 0.6 is 0 Å². The minimum Gasteiger partial charge on any atom is -0.376 e. The van der Waals surface area contributed by atoms with E-state index in [1.807, 2.05) is 36.4 Å². The fourth-order valence-corrected chi connectivity index (χ4v) is 2.94. The molecule has 0 aliphatic carbocycles. The molecule has 0 amide bonds. The van der Waals surface area contributed by atoms with Crippen molar-refractivity contribution in [1.82, 2.24) is 4.98 Å². The molecule has 0 radical (unpaired) electrons. The Hall–Kier alpha value is -3.01. The summed E-state index contributed by atoms with van der Waals surface area (Å²) in [6.07, 6.45) is 4.30. The number of nitrogens with one attached hydrogen (secondary N) is 1. The molecule has 0 fully saturated rings. The Morgan fingerprint density at radius 3 is 2.46 bits per heavy atom. The fraction of sp³-hybridized carbons (Fsp3) is 0.100. The van der Waals surface area contributed by atoms with Crippen LogP contribution in [0.4, 0.5) is 15.8 Å². The van der Waals surface area contributed by atoms with Crippen LogP contribution in [0, 0.1) is 5.82 Å². The lowest BCUT2D eigenvalue weighted by atomic mass is 9.98. The van der Waals surface area contributed by atoms with Gasteiger partial charge in [-0.1, -0.05) is 24.3 Å². The number of rotatable bonds is 2. The molecule has 2 heterocycles. The number of para-hydroxylation sites is 2. The summed E-state index contributed by atoms with van der Waals surface area (Å²) in [6.45, 7) is 0. The highest BCUT2D eigenvalue weighted by atomic mass is 19.1. The Morgan fingerprint density at radius 2 is 1.67 bits per heavy atom. The minimum atomic E-state index is -0.239. The zero-order valence-electron chi connectivity index (χ0n) is 13.0. The van der Waals surface area contributed by atoms with Crippen LogP contribution in [-0.4, -0.2) is 10.7 Å². The summed E-state index contributed by atoms with van der Waals surface area (Å²) in [5.74, 6) is -0.239. The molecule has 24 heavy (non-hydrogen) atoms. The molecule has 0 saturated heterocycles. The van der Waals surface area contributed by atoms with Gasteiger partial charge in [0.2, 0.25) is 0 Å². The van der Waals surface area contributed by atoms with Gasteiger partial charge >= 0.3 is 0 Å². The van der Waals surface area contributed by atoms with Gasteiger partial charge in [-0.2, -0.15) is 0 Å². The van der Waals surface area contributed by atoms with Gasteiger partial charge in [-0.05, 0) is 47.5 Å². The van der Waals surface area contributed by atoms with Gasteiger partial charge in [-0.3, -0.25) is 9.98 Å². The molecular weight excluding hydrogens is 301 g/mol. The van der Waals surface area contributed by atoms with Crippen molar-refractivity contribution >= 4 is 17.1 Å². The summed E-state index contributed by atoms with van der Waals surface area (Å²) >= 11 is 0. The maximum Gasteiger partial charge on any atom is 0.123 e. The Morgan fingerprint density at radius 1 is 0.917 bits per heavy atom. The normalized spacial score (nSPS) is 16.5. The molecule has 0 saturated carbocycles. The van der Waals surface area contributed by atoms with Crippen molar-refractivity contribution in [3.05, 3.63) is 90.0 Å². The lowest BCUT2D eigenvalue weighted by Gasteiger charge is -2.19. The van der Waals surface area contributed by atoms with E-state index in [9.17, 15) is 4.39 Å². The topological polar surface area (TPSA) is 37.3 Å². The third kappa shape index (κ3) is 2.91. The summed E-state index contributed by atoms with van der Waals surface area (Å²) < 4.78 is 13.3. The van der Waals surface area contributed by atoms with Crippen molar-refractivity contribution in [2.24, 2.45) is 4.99 Å². The zero-order chi connectivity index (χ0) is 16.4. The summed E-state index contributed by atoms with van der Waals surface area (Å²) in [5.41, 5.74) is 4.92. The molecule has 1 aromatic heterocycles. The van der Waals surface area contributed by atoms with Crippen LogP contribution in [0.25, 0.3) is 0 Å². The van der Waals surface area contributed by atoms with Crippen molar-refractivity contribution in [2.75, 3.05) is 5.32 Å². The van der Waals surface area contributed by atoms with Crippen LogP contribution in [0.15, 0.2) is 78.0 Å². The van der Waals surface area contributed by atoms with Gasteiger partial charge in [0, 0.05) is 18.8 Å². The van der Waals surface area contributed by atoms with Crippen LogP contribution in [0.5, 0.6) is 0 Å². The molecular formula is C20H16FN3. The number of benzene rings is 2. The molecule has 0 bridgehead atoms. The molecule has 4 rings (SSSR count). The lowest BCUT2D eigenvalue weighted by Crippen LogP contribution is -2.14. The number of pyridine rings is 1. The maximum absolute atomic E-state index is 13.3. The van der Waals surface area contributed by atoms with E-state index < -0.39 is 0 Å². The molecule has 1 N–H and O–H groups in total. The predicted octanol–water partition coefficient (Wildman–Crippen LogP) is 4.90. The first-order chi connectivity index (χ1) is 11.8. The fourth-order valence-electron chi connectivity index (χ4n) is 2.94. The standard InChI is InChI=1S/C20H16FN3/c21-16-7-5-14(6-8-16)19-13-20(15-9-11-22-12-10-15)24-18-4-2-1-3-17(18)23-19/h1-12,20,24H,13H2. The predicted molar refractivity (Wildman–Crippen MR) is 94.3 cm³/mol. The Labute approximate surface area is 139 Å². The van der Waals surface area contributed by atoms with Gasteiger partial charge < -0.3 is 5.32 Å². The number of nitrogens with zero attached hydrogens (tertiary/aromatic N) is 2. The summed E-state index contributed by atoms with van der Waals surface area (Å²) in [5, 5.41) is 3.57. The Bertz CT molecular complexity index is 873. The molecule has 2 aromatic carbocycles. The minimum absolute atomic E-state index is 0.0838. The summed E-state index contributed by atoms with van der Waals surface area (Å²) in [7, 11) is 0. The Balaban J connectivity index is 1.80. The molecule has 3 nitrogen and oxygen atoms in total. The van der Waals surface area contributed by atoms with Crippen LogP contribution in [0.2, 0.25) is 0 Å². The molecule has 1 aliphatic rings. The SMILES string of the molecule is Fc1ccc(C2=Nc3ccccc3NC(c3ccncc3)C2)cc1. The quantitative estimate of drug-likeness (QED) is 0.730. The smallest absolute Gasteiger partial charge is 0.123 e. The molecule has 0 spiro atoms. The number of hydrogen-bond donors (Lipinski definition) is 1. The van der Waals surface area contributed by atoms with Gasteiger partial charge in [0.25, 0.3) is 0 Å². The highest BCUT2D eigenvalue weighted by Gasteiger charge is 2.20. The van der Waals surface area contributed by atoms with E-state index in [4.69, 9.17) is 4.99 Å². The second-order valence-electron chi connectivity index (χ2n) is 5.76. The van der Waals surface area contributed by atoms with Gasteiger partial charge in [0.15, 0.2) is 0 Å². The highest BCUT2D eigenvalue weighted by molar-refractivity contribution is 6.04. The molecule has 3 aromatic rings. The van der Waals surface area contributed by atoms with Gasteiger partial charge in [-0.15, -0.1) is 0 Å².